The molecule has 0 unspecified atom stereocenters. The molecule has 3 aromatic carbocycles. The number of phenolic OH excluding ortho intramolecular Hbond substituents is 1. The average molecular weight is 503 g/mol. The Hall–Kier alpha value is -4.31. The number of aryl methyl sites for hydroxylation is 1. The van der Waals surface area contributed by atoms with E-state index in [1.165, 1.54) is 36.7 Å². The number of methoxy groups -OCH3 is 1. The highest BCUT2D eigenvalue weighted by molar-refractivity contribution is 7.99. The van der Waals surface area contributed by atoms with Crippen molar-refractivity contribution in [2.24, 2.45) is 5.10 Å². The molecule has 4 aromatic rings. The molecule has 0 fully saturated rings. The lowest BCUT2D eigenvalue weighted by Gasteiger charge is -2.11. The first-order valence-electron chi connectivity index (χ1n) is 11.2. The van der Waals surface area contributed by atoms with Crippen molar-refractivity contribution in [2.75, 3.05) is 18.2 Å². The largest absolute Gasteiger partial charge is 0.504 e. The lowest BCUT2D eigenvalue weighted by Crippen LogP contribution is -2.20. The molecule has 0 aliphatic heterocycles. The molecule has 1 heterocycles. The number of phenols is 1. The maximum Gasteiger partial charge on any atom is 0.250 e. The first-order valence-corrected chi connectivity index (χ1v) is 12.1. The fraction of sp³-hybridized carbons (Fsp3) is 0.154. The molecule has 0 saturated heterocycles. The summed E-state index contributed by atoms with van der Waals surface area (Å²) >= 11 is 1.27. The fourth-order valence-corrected chi connectivity index (χ4v) is 4.16. The van der Waals surface area contributed by atoms with Gasteiger partial charge in [0.15, 0.2) is 22.5 Å². The minimum absolute atomic E-state index is 0.0334. The van der Waals surface area contributed by atoms with Gasteiger partial charge in [-0.05, 0) is 60.5 Å². The van der Waals surface area contributed by atoms with E-state index in [0.29, 0.717) is 23.0 Å². The number of anilines is 1. The van der Waals surface area contributed by atoms with Crippen LogP contribution in [-0.2, 0) is 11.3 Å². The molecule has 36 heavy (non-hydrogen) atoms. The van der Waals surface area contributed by atoms with Crippen molar-refractivity contribution in [3.8, 4) is 17.2 Å². The SMILES string of the molecule is COc1cc(C=NNC(=O)CSc2nnc(CNc3cccc(C)c3)n2-c2ccccc2)ccc1O. The van der Waals surface area contributed by atoms with Crippen molar-refractivity contribution in [2.45, 2.75) is 18.6 Å². The summed E-state index contributed by atoms with van der Waals surface area (Å²) < 4.78 is 7.01. The third kappa shape index (κ3) is 6.42. The highest BCUT2D eigenvalue weighted by Crippen LogP contribution is 2.25. The Kier molecular flexibility index (Phi) is 8.20. The summed E-state index contributed by atoms with van der Waals surface area (Å²) in [5, 5.41) is 26.4. The second-order valence-electron chi connectivity index (χ2n) is 7.81. The Morgan fingerprint density at radius 1 is 1.11 bits per heavy atom. The number of thioether (sulfide) groups is 1. The highest BCUT2D eigenvalue weighted by Gasteiger charge is 2.16. The Balaban J connectivity index is 1.41. The molecule has 1 amide bonds. The molecule has 3 N–H and O–H groups in total. The molecular formula is C26H26N6O3S. The molecule has 0 atom stereocenters. The predicted octanol–water partition coefficient (Wildman–Crippen LogP) is 4.14. The molecule has 184 valence electrons. The van der Waals surface area contributed by atoms with E-state index < -0.39 is 0 Å². The zero-order chi connectivity index (χ0) is 25.3. The Labute approximate surface area is 213 Å². The quantitative estimate of drug-likeness (QED) is 0.170. The van der Waals surface area contributed by atoms with E-state index in [1.54, 1.807) is 12.1 Å². The summed E-state index contributed by atoms with van der Waals surface area (Å²) in [6, 6.07) is 22.7. The van der Waals surface area contributed by atoms with Crippen LogP contribution in [-0.4, -0.2) is 44.9 Å². The number of benzene rings is 3. The molecular weight excluding hydrogens is 476 g/mol. The molecule has 0 aliphatic carbocycles. The number of nitrogens with zero attached hydrogens (tertiary/aromatic N) is 4. The second kappa shape index (κ2) is 11.9. The topological polar surface area (TPSA) is 114 Å². The van der Waals surface area contributed by atoms with Gasteiger partial charge in [-0.3, -0.25) is 9.36 Å². The number of para-hydroxylation sites is 1. The number of hydrogen-bond donors (Lipinski definition) is 3. The van der Waals surface area contributed by atoms with E-state index in [2.05, 4.69) is 32.1 Å². The van der Waals surface area contributed by atoms with Crippen LogP contribution in [0.15, 0.2) is 83.1 Å². The molecule has 9 nitrogen and oxygen atoms in total. The van der Waals surface area contributed by atoms with Gasteiger partial charge < -0.3 is 15.2 Å². The number of hydrogen-bond acceptors (Lipinski definition) is 8. The second-order valence-corrected chi connectivity index (χ2v) is 8.75. The van der Waals surface area contributed by atoms with E-state index in [9.17, 15) is 9.90 Å². The fourth-order valence-electron chi connectivity index (χ4n) is 3.40. The number of hydrazone groups is 1. The minimum atomic E-state index is -0.288. The molecule has 1 aromatic heterocycles. The smallest absolute Gasteiger partial charge is 0.250 e. The molecule has 0 bridgehead atoms. The van der Waals surface area contributed by atoms with Crippen LogP contribution >= 0.6 is 11.8 Å². The van der Waals surface area contributed by atoms with Crippen LogP contribution < -0.4 is 15.5 Å². The van der Waals surface area contributed by atoms with Gasteiger partial charge in [0, 0.05) is 11.4 Å². The van der Waals surface area contributed by atoms with Crippen molar-refractivity contribution in [3.63, 3.8) is 0 Å². The molecule has 10 heteroatoms. The number of carbonyl (C=O) groups excluding carboxylic acids is 1. The van der Waals surface area contributed by atoms with E-state index in [4.69, 9.17) is 4.74 Å². The van der Waals surface area contributed by atoms with E-state index >= 15 is 0 Å². The number of ether oxygens (including phenoxy) is 1. The van der Waals surface area contributed by atoms with Gasteiger partial charge >= 0.3 is 0 Å². The van der Waals surface area contributed by atoms with Gasteiger partial charge in [-0.2, -0.15) is 5.10 Å². The predicted molar refractivity (Wildman–Crippen MR) is 141 cm³/mol. The van der Waals surface area contributed by atoms with Crippen LogP contribution in [0.2, 0.25) is 0 Å². The first kappa shape index (κ1) is 24.8. The van der Waals surface area contributed by atoms with Gasteiger partial charge in [-0.15, -0.1) is 10.2 Å². The van der Waals surface area contributed by atoms with Crippen LogP contribution in [0.1, 0.15) is 17.0 Å². The maximum absolute atomic E-state index is 12.4. The van der Waals surface area contributed by atoms with Crippen LogP contribution in [0.5, 0.6) is 11.5 Å². The number of rotatable bonds is 10. The first-order chi connectivity index (χ1) is 17.5. The zero-order valence-corrected chi connectivity index (χ0v) is 20.7. The molecule has 4 rings (SSSR count). The van der Waals surface area contributed by atoms with Gasteiger partial charge in [0.25, 0.3) is 5.91 Å². The number of nitrogens with one attached hydrogen (secondary N) is 2. The van der Waals surface area contributed by atoms with Crippen molar-refractivity contribution in [1.29, 1.82) is 0 Å². The lowest BCUT2D eigenvalue weighted by molar-refractivity contribution is -0.118. The Morgan fingerprint density at radius 3 is 2.72 bits per heavy atom. The normalized spacial score (nSPS) is 10.9. The van der Waals surface area contributed by atoms with E-state index in [-0.39, 0.29) is 17.4 Å². The summed E-state index contributed by atoms with van der Waals surface area (Å²) in [6.45, 7) is 2.52. The summed E-state index contributed by atoms with van der Waals surface area (Å²) in [6.07, 6.45) is 1.48. The number of amides is 1. The van der Waals surface area contributed by atoms with Crippen LogP contribution in [0, 0.1) is 6.92 Å². The standard InChI is InChI=1S/C26H26N6O3S/c1-18-7-6-8-20(13-18)27-16-24-29-31-26(32(24)21-9-4-3-5-10-21)36-17-25(34)30-28-15-19-11-12-22(33)23(14-19)35-2/h3-15,27,33H,16-17H2,1-2H3,(H,30,34). The van der Waals surface area contributed by atoms with Crippen molar-refractivity contribution < 1.29 is 14.6 Å². The molecule has 0 saturated carbocycles. The van der Waals surface area contributed by atoms with Crippen LogP contribution in [0.25, 0.3) is 5.69 Å². The van der Waals surface area contributed by atoms with Gasteiger partial charge in [0.2, 0.25) is 0 Å². The van der Waals surface area contributed by atoms with E-state index in [1.807, 2.05) is 60.0 Å². The highest BCUT2D eigenvalue weighted by atomic mass is 32.2. The molecule has 0 radical (unpaired) electrons. The van der Waals surface area contributed by atoms with Crippen molar-refractivity contribution >= 4 is 29.6 Å². The monoisotopic (exact) mass is 502 g/mol. The van der Waals surface area contributed by atoms with Crippen molar-refractivity contribution in [3.05, 3.63) is 89.7 Å². The Morgan fingerprint density at radius 2 is 1.94 bits per heavy atom. The summed E-state index contributed by atoms with van der Waals surface area (Å²) in [5.41, 5.74) is 6.25. The molecule has 0 spiro atoms. The maximum atomic E-state index is 12.4. The third-order valence-corrected chi connectivity index (χ3v) is 6.05. The third-order valence-electron chi connectivity index (χ3n) is 5.12. The van der Waals surface area contributed by atoms with Crippen molar-refractivity contribution in [1.82, 2.24) is 20.2 Å². The minimum Gasteiger partial charge on any atom is -0.504 e. The van der Waals surface area contributed by atoms with Gasteiger partial charge in [0.05, 0.1) is 25.6 Å². The van der Waals surface area contributed by atoms with Gasteiger partial charge in [0.1, 0.15) is 0 Å². The summed E-state index contributed by atoms with van der Waals surface area (Å²) in [4.78, 5) is 12.4. The van der Waals surface area contributed by atoms with Crippen LogP contribution in [0.4, 0.5) is 5.69 Å². The van der Waals surface area contributed by atoms with Crippen LogP contribution in [0.3, 0.4) is 0 Å². The van der Waals surface area contributed by atoms with E-state index in [0.717, 1.165) is 17.2 Å². The number of carbonyl (C=O) groups is 1. The lowest BCUT2D eigenvalue weighted by atomic mass is 10.2. The van der Waals surface area contributed by atoms with Gasteiger partial charge in [-0.25, -0.2) is 5.43 Å². The number of aromatic hydroxyl groups is 1. The Bertz CT molecular complexity index is 1360. The summed E-state index contributed by atoms with van der Waals surface area (Å²) in [7, 11) is 1.47. The average Bonchev–Trinajstić information content (AvgIpc) is 3.30. The summed E-state index contributed by atoms with van der Waals surface area (Å²) in [5.74, 6) is 0.903. The molecule has 0 aliphatic rings. The number of aromatic nitrogens is 3. The zero-order valence-electron chi connectivity index (χ0n) is 19.9. The van der Waals surface area contributed by atoms with Gasteiger partial charge in [-0.1, -0.05) is 42.1 Å².